The predicted molar refractivity (Wildman–Crippen MR) is 76.7 cm³/mol. The van der Waals surface area contributed by atoms with Crippen molar-refractivity contribution in [1.82, 2.24) is 20.3 Å². The Labute approximate surface area is 118 Å². The van der Waals surface area contributed by atoms with Crippen LogP contribution in [-0.4, -0.2) is 33.5 Å². The lowest BCUT2D eigenvalue weighted by atomic mass is 10.2. The quantitative estimate of drug-likeness (QED) is 0.852. The number of hydrogen-bond donors (Lipinski definition) is 2. The standard InChI is InChI=1S/C14H19N5O/c1-10-4-3-5-12(8-10)19-9-13(17-18-19)14(20)16-7-6-11(2)15/h3-5,8-9,11H,6-7,15H2,1-2H3,(H,16,20). The number of aryl methyl sites for hydroxylation is 1. The van der Waals surface area contributed by atoms with E-state index in [0.717, 1.165) is 17.7 Å². The van der Waals surface area contributed by atoms with Crippen LogP contribution in [0, 0.1) is 6.92 Å². The molecule has 106 valence electrons. The molecule has 0 aliphatic heterocycles. The van der Waals surface area contributed by atoms with Gasteiger partial charge in [-0.25, -0.2) is 4.68 Å². The molecule has 20 heavy (non-hydrogen) atoms. The Morgan fingerprint density at radius 3 is 3.00 bits per heavy atom. The van der Waals surface area contributed by atoms with Crippen LogP contribution >= 0.6 is 0 Å². The van der Waals surface area contributed by atoms with Gasteiger partial charge in [-0.1, -0.05) is 17.3 Å². The number of rotatable bonds is 5. The molecule has 0 aliphatic carbocycles. The van der Waals surface area contributed by atoms with Crippen LogP contribution in [0.4, 0.5) is 0 Å². The van der Waals surface area contributed by atoms with E-state index in [0.29, 0.717) is 12.2 Å². The Hall–Kier alpha value is -2.21. The number of amides is 1. The summed E-state index contributed by atoms with van der Waals surface area (Å²) in [6, 6.07) is 7.90. The zero-order valence-corrected chi connectivity index (χ0v) is 11.7. The normalized spacial score (nSPS) is 12.2. The summed E-state index contributed by atoms with van der Waals surface area (Å²) in [6.07, 6.45) is 2.35. The van der Waals surface area contributed by atoms with Crippen LogP contribution in [0.3, 0.4) is 0 Å². The monoisotopic (exact) mass is 273 g/mol. The van der Waals surface area contributed by atoms with E-state index >= 15 is 0 Å². The van der Waals surface area contributed by atoms with E-state index in [4.69, 9.17) is 5.73 Å². The molecule has 2 aromatic rings. The number of benzene rings is 1. The lowest BCUT2D eigenvalue weighted by Crippen LogP contribution is -2.29. The van der Waals surface area contributed by atoms with Crippen molar-refractivity contribution >= 4 is 5.91 Å². The fourth-order valence-corrected chi connectivity index (χ4v) is 1.77. The number of aromatic nitrogens is 3. The molecule has 2 rings (SSSR count). The predicted octanol–water partition coefficient (Wildman–Crippen LogP) is 1.04. The van der Waals surface area contributed by atoms with Crippen molar-refractivity contribution < 1.29 is 4.79 Å². The van der Waals surface area contributed by atoms with Crippen molar-refractivity contribution in [2.45, 2.75) is 26.3 Å². The molecule has 1 aromatic heterocycles. The third-order valence-corrected chi connectivity index (χ3v) is 2.88. The fourth-order valence-electron chi connectivity index (χ4n) is 1.77. The Morgan fingerprint density at radius 1 is 1.50 bits per heavy atom. The smallest absolute Gasteiger partial charge is 0.273 e. The van der Waals surface area contributed by atoms with E-state index in [-0.39, 0.29) is 11.9 Å². The summed E-state index contributed by atoms with van der Waals surface area (Å²) in [5.74, 6) is -0.232. The van der Waals surface area contributed by atoms with E-state index in [9.17, 15) is 4.79 Å². The second-order valence-electron chi connectivity index (χ2n) is 4.91. The summed E-state index contributed by atoms with van der Waals surface area (Å²) in [6.45, 7) is 4.44. The molecule has 0 fully saturated rings. The SMILES string of the molecule is Cc1cccc(-n2cc(C(=O)NCCC(C)N)nn2)c1. The van der Waals surface area contributed by atoms with Crippen LogP contribution in [-0.2, 0) is 0 Å². The van der Waals surface area contributed by atoms with Gasteiger partial charge in [-0.05, 0) is 38.0 Å². The van der Waals surface area contributed by atoms with Crippen molar-refractivity contribution in [3.8, 4) is 5.69 Å². The van der Waals surface area contributed by atoms with Gasteiger partial charge in [0.2, 0.25) is 0 Å². The summed E-state index contributed by atoms with van der Waals surface area (Å²) < 4.78 is 1.59. The van der Waals surface area contributed by atoms with Crippen molar-refractivity contribution in [3.05, 3.63) is 41.7 Å². The number of nitrogens with zero attached hydrogens (tertiary/aromatic N) is 3. The summed E-state index contributed by atoms with van der Waals surface area (Å²) >= 11 is 0. The minimum absolute atomic E-state index is 0.0678. The molecule has 0 radical (unpaired) electrons. The van der Waals surface area contributed by atoms with Crippen molar-refractivity contribution in [3.63, 3.8) is 0 Å². The first kappa shape index (κ1) is 14.2. The van der Waals surface area contributed by atoms with Gasteiger partial charge in [-0.15, -0.1) is 5.10 Å². The van der Waals surface area contributed by atoms with Gasteiger partial charge in [0, 0.05) is 12.6 Å². The van der Waals surface area contributed by atoms with Gasteiger partial charge in [0.1, 0.15) is 0 Å². The molecule has 0 bridgehead atoms. The van der Waals surface area contributed by atoms with Gasteiger partial charge in [-0.2, -0.15) is 0 Å². The van der Waals surface area contributed by atoms with Gasteiger partial charge in [-0.3, -0.25) is 4.79 Å². The van der Waals surface area contributed by atoms with Crippen molar-refractivity contribution in [2.24, 2.45) is 5.73 Å². The first-order chi connectivity index (χ1) is 9.56. The third kappa shape index (κ3) is 3.64. The van der Waals surface area contributed by atoms with Gasteiger partial charge in [0.15, 0.2) is 5.69 Å². The maximum absolute atomic E-state index is 11.9. The topological polar surface area (TPSA) is 85.8 Å². The highest BCUT2D eigenvalue weighted by Gasteiger charge is 2.11. The zero-order chi connectivity index (χ0) is 14.5. The fraction of sp³-hybridized carbons (Fsp3) is 0.357. The molecule has 1 aromatic carbocycles. The number of nitrogens with two attached hydrogens (primary N) is 1. The Morgan fingerprint density at radius 2 is 2.30 bits per heavy atom. The Balaban J connectivity index is 2.03. The molecule has 6 heteroatoms. The molecular weight excluding hydrogens is 254 g/mol. The van der Waals surface area contributed by atoms with Crippen LogP contribution in [0.2, 0.25) is 0 Å². The second-order valence-corrected chi connectivity index (χ2v) is 4.91. The van der Waals surface area contributed by atoms with E-state index in [1.807, 2.05) is 38.1 Å². The van der Waals surface area contributed by atoms with Gasteiger partial charge in [0.05, 0.1) is 11.9 Å². The summed E-state index contributed by atoms with van der Waals surface area (Å²) in [7, 11) is 0. The highest BCUT2D eigenvalue weighted by atomic mass is 16.2. The lowest BCUT2D eigenvalue weighted by molar-refractivity contribution is 0.0947. The number of nitrogens with one attached hydrogen (secondary N) is 1. The van der Waals surface area contributed by atoms with Crippen LogP contribution in [0.25, 0.3) is 5.69 Å². The summed E-state index contributed by atoms with van der Waals surface area (Å²) in [4.78, 5) is 11.9. The third-order valence-electron chi connectivity index (χ3n) is 2.88. The Kier molecular flexibility index (Phi) is 4.47. The molecule has 0 saturated heterocycles. The van der Waals surface area contributed by atoms with Crippen molar-refractivity contribution in [2.75, 3.05) is 6.54 Å². The van der Waals surface area contributed by atoms with E-state index in [1.54, 1.807) is 10.9 Å². The molecule has 1 amide bonds. The number of hydrogen-bond acceptors (Lipinski definition) is 4. The summed E-state index contributed by atoms with van der Waals surface area (Å²) in [5, 5.41) is 10.6. The number of carbonyl (C=O) groups excluding carboxylic acids is 1. The molecule has 1 atom stereocenters. The van der Waals surface area contributed by atoms with Crippen LogP contribution in [0.5, 0.6) is 0 Å². The minimum atomic E-state index is -0.232. The summed E-state index contributed by atoms with van der Waals surface area (Å²) in [5.41, 5.74) is 7.94. The maximum atomic E-state index is 11.9. The maximum Gasteiger partial charge on any atom is 0.273 e. The van der Waals surface area contributed by atoms with Crippen LogP contribution < -0.4 is 11.1 Å². The zero-order valence-electron chi connectivity index (χ0n) is 11.7. The van der Waals surface area contributed by atoms with Gasteiger partial charge < -0.3 is 11.1 Å². The van der Waals surface area contributed by atoms with Crippen molar-refractivity contribution in [1.29, 1.82) is 0 Å². The first-order valence-electron chi connectivity index (χ1n) is 6.59. The second kappa shape index (κ2) is 6.29. The lowest BCUT2D eigenvalue weighted by Gasteiger charge is -2.05. The highest BCUT2D eigenvalue weighted by Crippen LogP contribution is 2.09. The molecule has 0 spiro atoms. The molecule has 0 saturated carbocycles. The average Bonchev–Trinajstić information content (AvgIpc) is 2.87. The van der Waals surface area contributed by atoms with E-state index in [1.165, 1.54) is 0 Å². The van der Waals surface area contributed by atoms with E-state index in [2.05, 4.69) is 15.6 Å². The van der Waals surface area contributed by atoms with Crippen LogP contribution in [0.15, 0.2) is 30.5 Å². The largest absolute Gasteiger partial charge is 0.351 e. The molecule has 6 nitrogen and oxygen atoms in total. The molecular formula is C14H19N5O. The van der Waals surface area contributed by atoms with Gasteiger partial charge in [0.25, 0.3) is 5.91 Å². The Bertz CT molecular complexity index is 591. The van der Waals surface area contributed by atoms with Gasteiger partial charge >= 0.3 is 0 Å². The number of carbonyl (C=O) groups is 1. The highest BCUT2D eigenvalue weighted by molar-refractivity contribution is 5.91. The molecule has 0 aliphatic rings. The first-order valence-corrected chi connectivity index (χ1v) is 6.59. The molecule has 1 unspecified atom stereocenters. The average molecular weight is 273 g/mol. The van der Waals surface area contributed by atoms with E-state index < -0.39 is 0 Å². The van der Waals surface area contributed by atoms with Crippen LogP contribution in [0.1, 0.15) is 29.4 Å². The minimum Gasteiger partial charge on any atom is -0.351 e. The molecule has 1 heterocycles. The molecule has 3 N–H and O–H groups in total.